The molecule has 18 heavy (non-hydrogen) atoms. The number of phenolic OH excluding ortho intramolecular Hbond substituents is 1. The highest BCUT2D eigenvalue weighted by Gasteiger charge is 2.29. The summed E-state index contributed by atoms with van der Waals surface area (Å²) in [5, 5.41) is 14.2. The molecule has 2 bridgehead atoms. The topological polar surface area (TPSA) is 35.5 Å². The van der Waals surface area contributed by atoms with Crippen molar-refractivity contribution in [3.63, 3.8) is 0 Å². The van der Waals surface area contributed by atoms with Crippen molar-refractivity contribution in [2.24, 2.45) is 0 Å². The minimum atomic E-state index is 0.310. The first kappa shape index (κ1) is 12.3. The Hall–Kier alpha value is -0.770. The first-order chi connectivity index (χ1) is 8.72. The molecule has 3 rings (SSSR count). The quantitative estimate of drug-likeness (QED) is 0.863. The van der Waals surface area contributed by atoms with Crippen LogP contribution >= 0.6 is 11.6 Å². The molecule has 2 saturated heterocycles. The molecule has 0 saturated carbocycles. The van der Waals surface area contributed by atoms with Crippen LogP contribution in [0.2, 0.25) is 5.02 Å². The summed E-state index contributed by atoms with van der Waals surface area (Å²) in [7, 11) is 0. The van der Waals surface area contributed by atoms with E-state index in [0.29, 0.717) is 22.9 Å². The number of nitrogens with one attached hydrogen (secondary N) is 1. The molecule has 0 spiro atoms. The third-order valence-electron chi connectivity index (χ3n) is 4.08. The minimum Gasteiger partial charge on any atom is -0.508 e. The molecule has 2 aliphatic rings. The summed E-state index contributed by atoms with van der Waals surface area (Å²) in [5.41, 5.74) is 0.858. The van der Waals surface area contributed by atoms with Gasteiger partial charge >= 0.3 is 0 Å². The van der Waals surface area contributed by atoms with Gasteiger partial charge in [-0.25, -0.2) is 0 Å². The Morgan fingerprint density at radius 3 is 2.94 bits per heavy atom. The molecular weight excluding hydrogens is 248 g/mol. The molecule has 4 heteroatoms. The molecular formula is C14H19ClN2O. The summed E-state index contributed by atoms with van der Waals surface area (Å²) in [4.78, 5) is 2.40. The maximum Gasteiger partial charge on any atom is 0.121 e. The van der Waals surface area contributed by atoms with Gasteiger partial charge in [0.25, 0.3) is 0 Å². The van der Waals surface area contributed by atoms with Crippen LogP contribution in [0.5, 0.6) is 5.75 Å². The first-order valence-corrected chi connectivity index (χ1v) is 7.05. The molecule has 1 aromatic carbocycles. The normalized spacial score (nSPS) is 28.3. The van der Waals surface area contributed by atoms with Crippen molar-refractivity contribution in [1.29, 1.82) is 0 Å². The second-order valence-electron chi connectivity index (χ2n) is 5.40. The lowest BCUT2D eigenvalue weighted by Gasteiger charge is -2.24. The van der Waals surface area contributed by atoms with Crippen molar-refractivity contribution in [1.82, 2.24) is 10.2 Å². The summed E-state index contributed by atoms with van der Waals surface area (Å²) in [6, 6.07) is 6.65. The summed E-state index contributed by atoms with van der Waals surface area (Å²) in [5.74, 6) is 0.310. The SMILES string of the molecule is Oc1cccc(Cl)c1CN1CCC2CCC(C1)N2. The summed E-state index contributed by atoms with van der Waals surface area (Å²) >= 11 is 6.17. The van der Waals surface area contributed by atoms with E-state index in [1.165, 1.54) is 19.3 Å². The van der Waals surface area contributed by atoms with Gasteiger partial charge in [-0.05, 0) is 31.4 Å². The predicted molar refractivity (Wildman–Crippen MR) is 73.0 cm³/mol. The third kappa shape index (κ3) is 2.48. The average Bonchev–Trinajstić information content (AvgIpc) is 2.67. The smallest absolute Gasteiger partial charge is 0.121 e. The van der Waals surface area contributed by atoms with Crippen LogP contribution in [0.4, 0.5) is 0 Å². The highest BCUT2D eigenvalue weighted by molar-refractivity contribution is 6.31. The van der Waals surface area contributed by atoms with Crippen molar-refractivity contribution < 1.29 is 5.11 Å². The Morgan fingerprint density at radius 1 is 1.28 bits per heavy atom. The molecule has 0 radical (unpaired) electrons. The lowest BCUT2D eigenvalue weighted by molar-refractivity contribution is 0.248. The lowest BCUT2D eigenvalue weighted by Crippen LogP contribution is -2.35. The van der Waals surface area contributed by atoms with Crippen molar-refractivity contribution >= 4 is 11.6 Å². The Labute approximate surface area is 113 Å². The molecule has 0 aliphatic carbocycles. The molecule has 0 amide bonds. The number of hydrogen-bond donors (Lipinski definition) is 2. The number of aromatic hydroxyl groups is 1. The summed E-state index contributed by atoms with van der Waals surface area (Å²) in [6.45, 7) is 2.89. The van der Waals surface area contributed by atoms with Crippen LogP contribution in [0.1, 0.15) is 24.8 Å². The van der Waals surface area contributed by atoms with Gasteiger partial charge in [-0.15, -0.1) is 0 Å². The fourth-order valence-electron chi connectivity index (χ4n) is 3.09. The highest BCUT2D eigenvalue weighted by atomic mass is 35.5. The van der Waals surface area contributed by atoms with Gasteiger partial charge in [-0.2, -0.15) is 0 Å². The van der Waals surface area contributed by atoms with Gasteiger partial charge in [0.05, 0.1) is 0 Å². The average molecular weight is 267 g/mol. The fourth-order valence-corrected chi connectivity index (χ4v) is 3.32. The number of benzene rings is 1. The molecule has 1 aromatic rings. The Balaban J connectivity index is 1.72. The van der Waals surface area contributed by atoms with Crippen LogP contribution in [-0.4, -0.2) is 35.2 Å². The van der Waals surface area contributed by atoms with Crippen molar-refractivity contribution in [3.05, 3.63) is 28.8 Å². The lowest BCUT2D eigenvalue weighted by atomic mass is 10.1. The number of hydrogen-bond acceptors (Lipinski definition) is 3. The monoisotopic (exact) mass is 266 g/mol. The maximum absolute atomic E-state index is 9.90. The van der Waals surface area contributed by atoms with Gasteiger partial charge in [0.15, 0.2) is 0 Å². The van der Waals surface area contributed by atoms with E-state index in [9.17, 15) is 5.11 Å². The molecule has 2 fully saturated rings. The van der Waals surface area contributed by atoms with E-state index in [0.717, 1.165) is 25.2 Å². The number of likely N-dealkylation sites (tertiary alicyclic amines) is 1. The van der Waals surface area contributed by atoms with E-state index in [1.807, 2.05) is 6.07 Å². The second kappa shape index (κ2) is 5.08. The van der Waals surface area contributed by atoms with E-state index in [4.69, 9.17) is 11.6 Å². The van der Waals surface area contributed by atoms with E-state index >= 15 is 0 Å². The zero-order chi connectivity index (χ0) is 12.5. The Kier molecular flexibility index (Phi) is 3.46. The Bertz CT molecular complexity index is 418. The summed E-state index contributed by atoms with van der Waals surface area (Å²) in [6.07, 6.45) is 3.78. The van der Waals surface area contributed by atoms with E-state index < -0.39 is 0 Å². The number of halogens is 1. The van der Waals surface area contributed by atoms with Crippen LogP contribution in [0.25, 0.3) is 0 Å². The predicted octanol–water partition coefficient (Wildman–Crippen LogP) is 2.37. The van der Waals surface area contributed by atoms with Crippen LogP contribution in [-0.2, 0) is 6.54 Å². The summed E-state index contributed by atoms with van der Waals surface area (Å²) < 4.78 is 0. The maximum atomic E-state index is 9.90. The van der Waals surface area contributed by atoms with Crippen LogP contribution in [0, 0.1) is 0 Å². The highest BCUT2D eigenvalue weighted by Crippen LogP contribution is 2.28. The van der Waals surface area contributed by atoms with Crippen LogP contribution in [0.3, 0.4) is 0 Å². The van der Waals surface area contributed by atoms with E-state index in [1.54, 1.807) is 12.1 Å². The largest absolute Gasteiger partial charge is 0.508 e. The van der Waals surface area contributed by atoms with Gasteiger partial charge in [-0.3, -0.25) is 4.90 Å². The van der Waals surface area contributed by atoms with Gasteiger partial charge in [0, 0.05) is 42.3 Å². The fraction of sp³-hybridized carbons (Fsp3) is 0.571. The van der Waals surface area contributed by atoms with Crippen LogP contribution in [0.15, 0.2) is 18.2 Å². The van der Waals surface area contributed by atoms with Crippen molar-refractivity contribution in [2.75, 3.05) is 13.1 Å². The first-order valence-electron chi connectivity index (χ1n) is 6.67. The van der Waals surface area contributed by atoms with Crippen molar-refractivity contribution in [3.8, 4) is 5.75 Å². The molecule has 2 N–H and O–H groups in total. The molecule has 2 heterocycles. The van der Waals surface area contributed by atoms with Crippen LogP contribution < -0.4 is 5.32 Å². The zero-order valence-corrected chi connectivity index (χ0v) is 11.2. The number of nitrogens with zero attached hydrogens (tertiary/aromatic N) is 1. The molecule has 3 nitrogen and oxygen atoms in total. The standard InChI is InChI=1S/C14H19ClN2O/c15-13-2-1-3-14(18)12(13)9-17-7-6-10-4-5-11(8-17)16-10/h1-3,10-11,16,18H,4-9H2. The molecule has 2 atom stereocenters. The molecule has 0 aromatic heterocycles. The van der Waals surface area contributed by atoms with Gasteiger partial charge in [0.2, 0.25) is 0 Å². The van der Waals surface area contributed by atoms with Gasteiger partial charge < -0.3 is 10.4 Å². The molecule has 2 aliphatic heterocycles. The van der Waals surface area contributed by atoms with Crippen molar-refractivity contribution in [2.45, 2.75) is 37.9 Å². The minimum absolute atomic E-state index is 0.310. The number of fused-ring (bicyclic) bond motifs is 2. The molecule has 98 valence electrons. The molecule has 2 unspecified atom stereocenters. The Morgan fingerprint density at radius 2 is 2.11 bits per heavy atom. The second-order valence-corrected chi connectivity index (χ2v) is 5.81. The number of phenols is 1. The third-order valence-corrected chi connectivity index (χ3v) is 4.44. The van der Waals surface area contributed by atoms with E-state index in [2.05, 4.69) is 10.2 Å². The van der Waals surface area contributed by atoms with Gasteiger partial charge in [-0.1, -0.05) is 17.7 Å². The van der Waals surface area contributed by atoms with Gasteiger partial charge in [0.1, 0.15) is 5.75 Å². The van der Waals surface area contributed by atoms with E-state index in [-0.39, 0.29) is 0 Å². The number of rotatable bonds is 2. The zero-order valence-electron chi connectivity index (χ0n) is 10.4.